The van der Waals surface area contributed by atoms with Crippen molar-refractivity contribution in [2.75, 3.05) is 5.75 Å². The summed E-state index contributed by atoms with van der Waals surface area (Å²) in [6, 6.07) is 11.6. The molecule has 0 saturated carbocycles. The molecule has 0 atom stereocenters. The predicted octanol–water partition coefficient (Wildman–Crippen LogP) is 2.03. The van der Waals surface area contributed by atoms with Crippen molar-refractivity contribution in [2.45, 2.75) is 25.2 Å². The highest BCUT2D eigenvalue weighted by atomic mass is 32.2. The molecule has 0 fully saturated rings. The van der Waals surface area contributed by atoms with Gasteiger partial charge in [-0.1, -0.05) is 36.0 Å². The van der Waals surface area contributed by atoms with Crippen molar-refractivity contribution in [1.82, 2.24) is 25.5 Å². The molecule has 0 bridgehead atoms. The smallest absolute Gasteiger partial charge is 0.230 e. The van der Waals surface area contributed by atoms with Gasteiger partial charge in [-0.15, -0.1) is 5.10 Å². The molecule has 1 N–H and O–H groups in total. The van der Waals surface area contributed by atoms with Gasteiger partial charge in [-0.2, -0.15) is 0 Å². The molecule has 0 spiro atoms. The lowest BCUT2D eigenvalue weighted by Crippen LogP contribution is -2.25. The van der Waals surface area contributed by atoms with E-state index in [1.54, 1.807) is 10.9 Å². The lowest BCUT2D eigenvalue weighted by atomic mass is 10.1. The van der Waals surface area contributed by atoms with Gasteiger partial charge in [0, 0.05) is 6.54 Å². The summed E-state index contributed by atoms with van der Waals surface area (Å²) < 4.78 is 6.89. The van der Waals surface area contributed by atoms with Crippen LogP contribution in [0.4, 0.5) is 0 Å². The number of tetrazole rings is 1. The highest BCUT2D eigenvalue weighted by Crippen LogP contribution is 2.15. The zero-order valence-corrected chi connectivity index (χ0v) is 14.0. The number of furan rings is 1. The van der Waals surface area contributed by atoms with Crippen LogP contribution in [0.15, 0.2) is 52.2 Å². The van der Waals surface area contributed by atoms with Gasteiger partial charge in [-0.3, -0.25) is 4.79 Å². The van der Waals surface area contributed by atoms with Crippen LogP contribution in [0.1, 0.15) is 16.9 Å². The SMILES string of the molecule is Cc1ccccc1CNC(=O)CSc1nnnn1Cc1ccco1. The summed E-state index contributed by atoms with van der Waals surface area (Å²) in [6.45, 7) is 2.98. The molecule has 3 rings (SSSR count). The van der Waals surface area contributed by atoms with Crippen molar-refractivity contribution in [2.24, 2.45) is 0 Å². The zero-order valence-electron chi connectivity index (χ0n) is 13.2. The number of thioether (sulfide) groups is 1. The molecular weight excluding hydrogens is 326 g/mol. The summed E-state index contributed by atoms with van der Waals surface area (Å²) in [6.07, 6.45) is 1.60. The minimum absolute atomic E-state index is 0.0594. The summed E-state index contributed by atoms with van der Waals surface area (Å²) in [4.78, 5) is 12.0. The molecule has 0 saturated heterocycles. The normalized spacial score (nSPS) is 10.7. The Balaban J connectivity index is 1.50. The Hall–Kier alpha value is -2.61. The van der Waals surface area contributed by atoms with E-state index < -0.39 is 0 Å². The summed E-state index contributed by atoms with van der Waals surface area (Å²) in [5.41, 5.74) is 2.27. The topological polar surface area (TPSA) is 85.8 Å². The van der Waals surface area contributed by atoms with Gasteiger partial charge in [0.2, 0.25) is 11.1 Å². The van der Waals surface area contributed by atoms with E-state index in [1.165, 1.54) is 11.8 Å². The third-order valence-corrected chi connectivity index (χ3v) is 4.41. The highest BCUT2D eigenvalue weighted by Gasteiger charge is 2.11. The number of carbonyl (C=O) groups excluding carboxylic acids is 1. The molecule has 124 valence electrons. The van der Waals surface area contributed by atoms with Crippen molar-refractivity contribution in [3.05, 3.63) is 59.5 Å². The van der Waals surface area contributed by atoms with Gasteiger partial charge < -0.3 is 9.73 Å². The number of aromatic nitrogens is 4. The molecule has 0 aliphatic carbocycles. The number of hydrogen-bond donors (Lipinski definition) is 1. The monoisotopic (exact) mass is 343 g/mol. The number of nitrogens with one attached hydrogen (secondary N) is 1. The molecule has 1 aromatic carbocycles. The van der Waals surface area contributed by atoms with Gasteiger partial charge in [-0.25, -0.2) is 4.68 Å². The van der Waals surface area contributed by atoms with Crippen LogP contribution in [0.25, 0.3) is 0 Å². The average molecular weight is 343 g/mol. The van der Waals surface area contributed by atoms with Crippen molar-refractivity contribution < 1.29 is 9.21 Å². The minimum atomic E-state index is -0.0594. The minimum Gasteiger partial charge on any atom is -0.467 e. The Bertz CT molecular complexity index is 800. The van der Waals surface area contributed by atoms with Crippen molar-refractivity contribution in [1.29, 1.82) is 0 Å². The Kier molecular flexibility index (Phi) is 5.27. The Morgan fingerprint density at radius 1 is 1.29 bits per heavy atom. The molecule has 1 amide bonds. The molecule has 2 heterocycles. The molecule has 0 aliphatic heterocycles. The Morgan fingerprint density at radius 2 is 2.17 bits per heavy atom. The largest absolute Gasteiger partial charge is 0.467 e. The van der Waals surface area contributed by atoms with E-state index in [2.05, 4.69) is 20.8 Å². The lowest BCUT2D eigenvalue weighted by Gasteiger charge is -2.07. The fourth-order valence-corrected chi connectivity index (χ4v) is 2.84. The van der Waals surface area contributed by atoms with Gasteiger partial charge >= 0.3 is 0 Å². The Morgan fingerprint density at radius 3 is 2.96 bits per heavy atom. The van der Waals surface area contributed by atoms with E-state index in [-0.39, 0.29) is 11.7 Å². The third kappa shape index (κ3) is 4.23. The third-order valence-electron chi connectivity index (χ3n) is 3.45. The van der Waals surface area contributed by atoms with Crippen LogP contribution in [0.2, 0.25) is 0 Å². The summed E-state index contributed by atoms with van der Waals surface area (Å²) in [5, 5.41) is 15.0. The van der Waals surface area contributed by atoms with Crippen LogP contribution in [0.3, 0.4) is 0 Å². The highest BCUT2D eigenvalue weighted by molar-refractivity contribution is 7.99. The van der Waals surface area contributed by atoms with Crippen LogP contribution in [-0.2, 0) is 17.9 Å². The Labute approximate surface area is 143 Å². The van der Waals surface area contributed by atoms with E-state index in [0.717, 1.165) is 16.9 Å². The van der Waals surface area contributed by atoms with Gasteiger partial charge in [0.15, 0.2) is 0 Å². The maximum atomic E-state index is 12.0. The first-order chi connectivity index (χ1) is 11.7. The quantitative estimate of drug-likeness (QED) is 0.661. The van der Waals surface area contributed by atoms with E-state index in [1.807, 2.05) is 43.3 Å². The maximum Gasteiger partial charge on any atom is 0.230 e. The first-order valence-electron chi connectivity index (χ1n) is 7.45. The van der Waals surface area contributed by atoms with Crippen LogP contribution in [-0.4, -0.2) is 31.9 Å². The van der Waals surface area contributed by atoms with Crippen molar-refractivity contribution >= 4 is 17.7 Å². The standard InChI is InChI=1S/C16H17N5O2S/c1-12-5-2-3-6-13(12)9-17-15(22)11-24-16-18-19-20-21(16)10-14-7-4-8-23-14/h2-8H,9-11H2,1H3,(H,17,22). The molecule has 0 unspecified atom stereocenters. The molecule has 24 heavy (non-hydrogen) atoms. The lowest BCUT2D eigenvalue weighted by molar-refractivity contribution is -0.118. The number of aryl methyl sites for hydroxylation is 1. The number of rotatable bonds is 7. The van der Waals surface area contributed by atoms with Gasteiger partial charge in [0.1, 0.15) is 12.3 Å². The van der Waals surface area contributed by atoms with E-state index in [0.29, 0.717) is 18.2 Å². The number of amides is 1. The van der Waals surface area contributed by atoms with Gasteiger partial charge in [0.25, 0.3) is 0 Å². The second-order valence-electron chi connectivity index (χ2n) is 5.19. The first-order valence-corrected chi connectivity index (χ1v) is 8.43. The number of hydrogen-bond acceptors (Lipinski definition) is 6. The van der Waals surface area contributed by atoms with Crippen LogP contribution in [0.5, 0.6) is 0 Å². The fraction of sp³-hybridized carbons (Fsp3) is 0.250. The zero-order chi connectivity index (χ0) is 16.8. The van der Waals surface area contributed by atoms with Gasteiger partial charge in [-0.05, 0) is 40.6 Å². The van der Waals surface area contributed by atoms with E-state index in [4.69, 9.17) is 4.42 Å². The molecule has 0 aliphatic rings. The fourth-order valence-electron chi connectivity index (χ4n) is 2.13. The van der Waals surface area contributed by atoms with Crippen molar-refractivity contribution in [3.8, 4) is 0 Å². The van der Waals surface area contributed by atoms with Gasteiger partial charge in [0.05, 0.1) is 12.0 Å². The second kappa shape index (κ2) is 7.78. The number of carbonyl (C=O) groups is 1. The van der Waals surface area contributed by atoms with E-state index in [9.17, 15) is 4.79 Å². The first kappa shape index (κ1) is 16.3. The molecule has 8 heteroatoms. The predicted molar refractivity (Wildman–Crippen MR) is 89.4 cm³/mol. The van der Waals surface area contributed by atoms with Crippen LogP contribution in [0, 0.1) is 6.92 Å². The second-order valence-corrected chi connectivity index (χ2v) is 6.13. The summed E-state index contributed by atoms with van der Waals surface area (Å²) >= 11 is 1.30. The van der Waals surface area contributed by atoms with Crippen LogP contribution < -0.4 is 5.32 Å². The summed E-state index contributed by atoms with van der Waals surface area (Å²) in [5.74, 6) is 0.952. The number of benzene rings is 1. The van der Waals surface area contributed by atoms with Crippen molar-refractivity contribution in [3.63, 3.8) is 0 Å². The molecule has 3 aromatic rings. The molecular formula is C16H17N5O2S. The van der Waals surface area contributed by atoms with Crippen LogP contribution >= 0.6 is 11.8 Å². The maximum absolute atomic E-state index is 12.0. The molecule has 2 aromatic heterocycles. The average Bonchev–Trinajstić information content (AvgIpc) is 3.24. The summed E-state index contributed by atoms with van der Waals surface area (Å²) in [7, 11) is 0. The number of nitrogens with zero attached hydrogens (tertiary/aromatic N) is 4. The molecule has 7 nitrogen and oxygen atoms in total. The molecule has 0 radical (unpaired) electrons. The van der Waals surface area contributed by atoms with E-state index >= 15 is 0 Å².